The molecule has 2 aromatic carbocycles. The summed E-state index contributed by atoms with van der Waals surface area (Å²) in [5.74, 6) is 1.65. The minimum absolute atomic E-state index is 0.0369. The molecular formula is C31H39Cl2N7. The van der Waals surface area contributed by atoms with Crippen LogP contribution in [-0.2, 0) is 18.5 Å². The van der Waals surface area contributed by atoms with Gasteiger partial charge in [-0.25, -0.2) is 4.98 Å². The molecule has 2 N–H and O–H groups in total. The van der Waals surface area contributed by atoms with Crippen LogP contribution in [0.4, 0.5) is 11.8 Å². The SMILES string of the molecule is CN(C)c1nc(NC2CCC(NCc3cc(C(C)(C)C)nn3Cc3ccc(Cl)cc3Cl)CC2)nc2ccccc12. The first-order valence-electron chi connectivity index (χ1n) is 14.0. The predicted molar refractivity (Wildman–Crippen MR) is 167 cm³/mol. The highest BCUT2D eigenvalue weighted by Gasteiger charge is 2.24. The van der Waals surface area contributed by atoms with Crippen LogP contribution < -0.4 is 15.5 Å². The van der Waals surface area contributed by atoms with Gasteiger partial charge in [-0.15, -0.1) is 0 Å². The third-order valence-corrected chi connectivity index (χ3v) is 8.19. The Labute approximate surface area is 247 Å². The molecule has 7 nitrogen and oxygen atoms in total. The first-order valence-corrected chi connectivity index (χ1v) is 14.8. The fraction of sp³-hybridized carbons (Fsp3) is 0.452. The molecule has 40 heavy (non-hydrogen) atoms. The molecule has 4 aromatic rings. The van der Waals surface area contributed by atoms with E-state index in [0.717, 1.165) is 65.9 Å². The molecule has 0 saturated heterocycles. The highest BCUT2D eigenvalue weighted by molar-refractivity contribution is 6.35. The summed E-state index contributed by atoms with van der Waals surface area (Å²) < 4.78 is 2.08. The number of rotatable bonds is 8. The van der Waals surface area contributed by atoms with Crippen LogP contribution in [0.3, 0.4) is 0 Å². The quantitative estimate of drug-likeness (QED) is 0.233. The molecule has 9 heteroatoms. The molecule has 0 aliphatic heterocycles. The molecule has 0 spiro atoms. The number of fused-ring (bicyclic) bond motifs is 1. The topological polar surface area (TPSA) is 70.9 Å². The maximum atomic E-state index is 6.49. The molecule has 212 valence electrons. The summed E-state index contributed by atoms with van der Waals surface area (Å²) in [7, 11) is 4.05. The van der Waals surface area contributed by atoms with Gasteiger partial charge in [-0.1, -0.05) is 62.2 Å². The van der Waals surface area contributed by atoms with Crippen LogP contribution in [0.25, 0.3) is 10.9 Å². The maximum absolute atomic E-state index is 6.49. The summed E-state index contributed by atoms with van der Waals surface area (Å²) >= 11 is 12.6. The van der Waals surface area contributed by atoms with E-state index in [0.29, 0.717) is 34.6 Å². The summed E-state index contributed by atoms with van der Waals surface area (Å²) in [5, 5.41) is 14.8. The standard InChI is InChI=1S/C31H39Cl2N7/c1-31(2,3)28-17-24(40(38-28)19-20-10-11-21(32)16-26(20)33)18-34-22-12-14-23(15-13-22)35-30-36-27-9-7-6-8-25(27)29(37-30)39(4)5/h6-11,16-17,22-23,34H,12-15,18-19H2,1-5H3,(H,35,36,37). The first-order chi connectivity index (χ1) is 19.1. The van der Waals surface area contributed by atoms with Crippen LogP contribution in [0.15, 0.2) is 48.5 Å². The maximum Gasteiger partial charge on any atom is 0.225 e. The van der Waals surface area contributed by atoms with Gasteiger partial charge in [0.25, 0.3) is 0 Å². The molecular weight excluding hydrogens is 541 g/mol. The van der Waals surface area contributed by atoms with Crippen molar-refractivity contribution in [2.75, 3.05) is 24.3 Å². The fourth-order valence-corrected chi connectivity index (χ4v) is 5.72. The second-order valence-electron chi connectivity index (χ2n) is 12.0. The molecule has 0 radical (unpaired) electrons. The van der Waals surface area contributed by atoms with E-state index in [1.54, 1.807) is 6.07 Å². The van der Waals surface area contributed by atoms with Crippen LogP contribution in [0.1, 0.15) is 63.4 Å². The van der Waals surface area contributed by atoms with Crippen LogP contribution in [0, 0.1) is 0 Å². The molecule has 2 heterocycles. The smallest absolute Gasteiger partial charge is 0.225 e. The van der Waals surface area contributed by atoms with Crippen LogP contribution in [-0.4, -0.2) is 45.9 Å². The summed E-state index contributed by atoms with van der Waals surface area (Å²) in [6, 6.07) is 16.9. The lowest BCUT2D eigenvalue weighted by molar-refractivity contribution is 0.348. The van der Waals surface area contributed by atoms with E-state index >= 15 is 0 Å². The Morgan fingerprint density at radius 3 is 2.38 bits per heavy atom. The number of aromatic nitrogens is 4. The Bertz CT molecular complexity index is 1470. The minimum Gasteiger partial charge on any atom is -0.362 e. The number of benzene rings is 2. The highest BCUT2D eigenvalue weighted by atomic mass is 35.5. The van der Waals surface area contributed by atoms with E-state index in [2.05, 4.69) is 48.2 Å². The molecule has 0 unspecified atom stereocenters. The van der Waals surface area contributed by atoms with Crippen molar-refractivity contribution < 1.29 is 0 Å². The van der Waals surface area contributed by atoms with E-state index in [4.69, 9.17) is 38.3 Å². The average molecular weight is 581 g/mol. The third kappa shape index (κ3) is 6.70. The Morgan fingerprint density at radius 2 is 1.68 bits per heavy atom. The Balaban J connectivity index is 1.22. The van der Waals surface area contributed by atoms with Crippen molar-refractivity contribution in [3.8, 4) is 0 Å². The number of para-hydroxylation sites is 1. The lowest BCUT2D eigenvalue weighted by atomic mass is 9.91. The van der Waals surface area contributed by atoms with Crippen molar-refractivity contribution in [3.05, 3.63) is 75.5 Å². The second-order valence-corrected chi connectivity index (χ2v) is 12.9. The van der Waals surface area contributed by atoms with E-state index in [1.165, 1.54) is 0 Å². The van der Waals surface area contributed by atoms with Crippen molar-refractivity contribution >= 4 is 45.9 Å². The number of anilines is 2. The normalized spacial score (nSPS) is 17.8. The number of nitrogens with zero attached hydrogens (tertiary/aromatic N) is 5. The van der Waals surface area contributed by atoms with Gasteiger partial charge in [-0.3, -0.25) is 4.68 Å². The highest BCUT2D eigenvalue weighted by Crippen LogP contribution is 2.28. The molecule has 2 aromatic heterocycles. The lowest BCUT2D eigenvalue weighted by Gasteiger charge is -2.30. The number of hydrogen-bond acceptors (Lipinski definition) is 6. The summed E-state index contributed by atoms with van der Waals surface area (Å²) in [5.41, 5.74) is 4.18. The third-order valence-electron chi connectivity index (χ3n) is 7.61. The van der Waals surface area contributed by atoms with Gasteiger partial charge in [0.15, 0.2) is 0 Å². The van der Waals surface area contributed by atoms with Gasteiger partial charge in [0.1, 0.15) is 5.82 Å². The van der Waals surface area contributed by atoms with Gasteiger partial charge in [0, 0.05) is 53.6 Å². The first kappa shape index (κ1) is 28.7. The van der Waals surface area contributed by atoms with Gasteiger partial charge >= 0.3 is 0 Å². The summed E-state index contributed by atoms with van der Waals surface area (Å²) in [4.78, 5) is 11.7. The molecule has 1 saturated carbocycles. The second kappa shape index (κ2) is 11.9. The van der Waals surface area contributed by atoms with Crippen molar-refractivity contribution in [2.24, 2.45) is 0 Å². The molecule has 5 rings (SSSR count). The van der Waals surface area contributed by atoms with E-state index in [1.807, 2.05) is 49.3 Å². The molecule has 1 aliphatic carbocycles. The fourth-order valence-electron chi connectivity index (χ4n) is 5.25. The zero-order valence-electron chi connectivity index (χ0n) is 24.0. The molecule has 0 atom stereocenters. The zero-order chi connectivity index (χ0) is 28.4. The van der Waals surface area contributed by atoms with Gasteiger partial charge in [-0.05, 0) is 61.6 Å². The van der Waals surface area contributed by atoms with E-state index in [-0.39, 0.29) is 5.41 Å². The van der Waals surface area contributed by atoms with Crippen molar-refractivity contribution in [3.63, 3.8) is 0 Å². The molecule has 0 bridgehead atoms. The van der Waals surface area contributed by atoms with Crippen molar-refractivity contribution in [1.29, 1.82) is 0 Å². The number of halogens is 2. The van der Waals surface area contributed by atoms with Gasteiger partial charge < -0.3 is 15.5 Å². The number of hydrogen-bond donors (Lipinski definition) is 2. The average Bonchev–Trinajstić information content (AvgIpc) is 3.32. The van der Waals surface area contributed by atoms with E-state index < -0.39 is 0 Å². The Kier molecular flexibility index (Phi) is 8.55. The lowest BCUT2D eigenvalue weighted by Crippen LogP contribution is -2.37. The molecule has 0 amide bonds. The van der Waals surface area contributed by atoms with E-state index in [9.17, 15) is 0 Å². The molecule has 1 fully saturated rings. The number of nitrogens with one attached hydrogen (secondary N) is 2. The van der Waals surface area contributed by atoms with Gasteiger partial charge in [-0.2, -0.15) is 10.1 Å². The summed E-state index contributed by atoms with van der Waals surface area (Å²) in [6.45, 7) is 7.96. The minimum atomic E-state index is -0.0369. The van der Waals surface area contributed by atoms with Crippen molar-refractivity contribution in [2.45, 2.75) is 77.0 Å². The van der Waals surface area contributed by atoms with Crippen molar-refractivity contribution in [1.82, 2.24) is 25.1 Å². The predicted octanol–water partition coefficient (Wildman–Crippen LogP) is 7.06. The Morgan fingerprint density at radius 1 is 0.950 bits per heavy atom. The monoisotopic (exact) mass is 579 g/mol. The van der Waals surface area contributed by atoms with Crippen LogP contribution >= 0.6 is 23.2 Å². The summed E-state index contributed by atoms with van der Waals surface area (Å²) in [6.07, 6.45) is 4.32. The van der Waals surface area contributed by atoms with Gasteiger partial charge in [0.2, 0.25) is 5.95 Å². The van der Waals surface area contributed by atoms with Crippen LogP contribution in [0.2, 0.25) is 10.0 Å². The van der Waals surface area contributed by atoms with Gasteiger partial charge in [0.05, 0.1) is 23.4 Å². The van der Waals surface area contributed by atoms with Crippen LogP contribution in [0.5, 0.6) is 0 Å². The Hall–Kier alpha value is -2.87. The zero-order valence-corrected chi connectivity index (χ0v) is 25.5. The molecule has 1 aliphatic rings. The largest absolute Gasteiger partial charge is 0.362 e.